The van der Waals surface area contributed by atoms with E-state index < -0.39 is 6.17 Å². The highest BCUT2D eigenvalue weighted by atomic mass is 19.1. The highest BCUT2D eigenvalue weighted by molar-refractivity contribution is 5.88. The average molecular weight is 2040 g/mol. The van der Waals surface area contributed by atoms with Crippen LogP contribution in [0.25, 0.3) is 0 Å². The van der Waals surface area contributed by atoms with Crippen LogP contribution in [0.15, 0.2) is 128 Å². The maximum Gasteiger partial charge on any atom is 0.150 e. The summed E-state index contributed by atoms with van der Waals surface area (Å²) < 4.78 is 35.3. The smallest absolute Gasteiger partial charge is 0.150 e. The largest absolute Gasteiger partial charge is 0.489 e. The van der Waals surface area contributed by atoms with Crippen molar-refractivity contribution in [3.05, 3.63) is 150 Å². The molecule has 14 fully saturated rings. The first kappa shape index (κ1) is 120. The van der Waals surface area contributed by atoms with Crippen LogP contribution in [0.3, 0.4) is 0 Å². The number of hydrogen-bond donors (Lipinski definition) is 1. The zero-order valence-electron chi connectivity index (χ0n) is 93.3. The molecular formula is C118H180FN13O15. The molecular weight excluding hydrogens is 1860 g/mol. The molecule has 4 saturated carbocycles. The van der Waals surface area contributed by atoms with Crippen molar-refractivity contribution in [2.45, 2.75) is 309 Å². The van der Waals surface area contributed by atoms with Crippen LogP contribution in [0.2, 0.25) is 0 Å². The van der Waals surface area contributed by atoms with Crippen LogP contribution in [0.1, 0.15) is 215 Å². The molecule has 4 aromatic carbocycles. The molecule has 2 unspecified atom stereocenters. The SMILES string of the molecule is CC(=O)[C@@H]1C2CCCCC2CN1C.CC(=O)[C@@H]1COCCN1C.CC(=O)[C@@H]1C[C@@H](F)CN1C.CC(=O)[C@@H]1C[C@@H](Oc2ccccc2)CN1C.CC(=O)[C@@H]1C[C@H](OCc2ccccc2)CN1C.CC(=O)[C@@H]1C[C@H](Oc2ccccc2)CN1C.CC(=O)[C@@H]1Cc2nc[nH]c2CN1C.CC(=O)[C@@H]1[C@@H]2CCC[C@@H]2CN1C.CC(=O)[C@@H]1[C@H]2CCC[C@H]2CN1C.CC(=O)[C@@H]1[C@H]2[C@@H](CN1C)C2(C)C.CC(=O)[C@]1(Cc2ccccc2)CCCN1C. The zero-order valence-corrected chi connectivity index (χ0v) is 93.3. The van der Waals surface area contributed by atoms with Crippen LogP contribution in [-0.4, -0.2) is 374 Å². The van der Waals surface area contributed by atoms with Crippen LogP contribution in [0.5, 0.6) is 11.5 Å². The molecule has 15 aliphatic rings. The van der Waals surface area contributed by atoms with Crippen LogP contribution in [0.4, 0.5) is 4.39 Å². The molecule has 20 rings (SSSR count). The minimum absolute atomic E-state index is 0.00579. The fraction of sp³-hybridized carbons (Fsp3) is 0.678. The van der Waals surface area contributed by atoms with Crippen molar-refractivity contribution in [2.75, 3.05) is 156 Å². The van der Waals surface area contributed by atoms with E-state index in [0.29, 0.717) is 84.2 Å². The van der Waals surface area contributed by atoms with Gasteiger partial charge in [0, 0.05) is 91.1 Å². The van der Waals surface area contributed by atoms with Gasteiger partial charge in [0.1, 0.15) is 93.5 Å². The van der Waals surface area contributed by atoms with Gasteiger partial charge < -0.3 is 23.9 Å². The number of fused-ring (bicyclic) bond motifs is 5. The second kappa shape index (κ2) is 56.7. The quantitative estimate of drug-likeness (QED) is 0.0757. The predicted octanol–water partition coefficient (Wildman–Crippen LogP) is 13.9. The Morgan fingerprint density at radius 1 is 0.395 bits per heavy atom. The molecule has 4 aliphatic carbocycles. The number of carbonyl (C=O) groups excluding carboxylic acids is 11. The number of carbonyl (C=O) groups is 11. The molecule has 28 nitrogen and oxygen atoms in total. The summed E-state index contributed by atoms with van der Waals surface area (Å²) in [5.41, 5.74) is 4.80. The van der Waals surface area contributed by atoms with E-state index in [1.165, 1.54) is 82.3 Å². The number of ketones is 11. The molecule has 0 amide bonds. The Morgan fingerprint density at radius 2 is 0.782 bits per heavy atom. The molecule has 814 valence electrons. The first-order valence-corrected chi connectivity index (χ1v) is 54.4. The molecule has 12 heterocycles. The number of benzene rings is 4. The van der Waals surface area contributed by atoms with Crippen LogP contribution < -0.4 is 9.47 Å². The van der Waals surface area contributed by atoms with Crippen LogP contribution in [-0.2, 0) is 88.2 Å². The topological polar surface area (TPSA) is 289 Å². The third-order valence-corrected chi connectivity index (χ3v) is 34.3. The van der Waals surface area contributed by atoms with Gasteiger partial charge in [-0.15, -0.1) is 0 Å². The number of aromatic nitrogens is 2. The Kier molecular flexibility index (Phi) is 46.4. The number of aromatic amines is 1. The number of Topliss-reactive ketones (excluding diaryl/α,β-unsaturated/α-hetero) is 11. The third-order valence-electron chi connectivity index (χ3n) is 34.3. The van der Waals surface area contributed by atoms with Gasteiger partial charge in [-0.25, -0.2) is 9.37 Å². The minimum atomic E-state index is -0.807. The van der Waals surface area contributed by atoms with Crippen LogP contribution >= 0.6 is 0 Å². The van der Waals surface area contributed by atoms with Gasteiger partial charge in [-0.1, -0.05) is 137 Å². The highest BCUT2D eigenvalue weighted by Gasteiger charge is 2.67. The summed E-state index contributed by atoms with van der Waals surface area (Å²) in [6, 6.07) is 40.8. The molecule has 1 aromatic heterocycles. The number of H-pyrrole nitrogens is 1. The molecule has 1 N–H and O–H groups in total. The number of piperidine rings is 1. The number of imidazole rings is 1. The summed E-state index contributed by atoms with van der Waals surface area (Å²) in [6.07, 6.45) is 21.1. The van der Waals surface area contributed by atoms with E-state index in [4.69, 9.17) is 18.9 Å². The Hall–Kier alpha value is -8.53. The summed E-state index contributed by atoms with van der Waals surface area (Å²) in [4.78, 5) is 155. The van der Waals surface area contributed by atoms with Crippen molar-refractivity contribution >= 4 is 63.6 Å². The molecule has 23 atom stereocenters. The summed E-state index contributed by atoms with van der Waals surface area (Å²) in [7, 11) is 22.0. The Balaban J connectivity index is 0.000000166. The van der Waals surface area contributed by atoms with E-state index in [1.54, 1.807) is 87.5 Å². The van der Waals surface area contributed by atoms with Gasteiger partial charge >= 0.3 is 0 Å². The van der Waals surface area contributed by atoms with Crippen molar-refractivity contribution in [3.63, 3.8) is 0 Å². The minimum Gasteiger partial charge on any atom is -0.489 e. The Labute approximate surface area is 878 Å². The van der Waals surface area contributed by atoms with Gasteiger partial charge in [0.2, 0.25) is 0 Å². The number of nitrogens with one attached hydrogen (secondary N) is 1. The standard InChI is InChI=1S/C14H19NO2.C14H19NO.2C13H17NO2.C11H19NO.3C10H17NO.C9H13N3O.C7H12FNO.C7H13NO2/c1-11(16)14-8-13(9-15(14)2)17-10-12-6-4-3-5-7-12;1-12(16)14(9-6-10-15(14)2)11-13-7-4-3-5-8-13;2*1-10(15)13-8-12(9-14(13)2)16-11-6-4-3-5-7-11;1-8(13)11-10-6-4-3-5-9(10)7-12(11)2;1-6(12)9-8-7(5-11(9)4)10(8,2)3;2*1-7(12)10-9-5-3-4-8(9)6-11(10)2;1-6(13)9-3-7-8(4-12(9)2)11-5-10-7;1-5(10)7-3-6(8)4-9(7)2;1-6(9)7-5-10-4-3-8(7)2/h3-7,13-14H,8-10H2,1-2H3;3-5,7-8H,6,9-11H2,1-2H3;2*3-7,12-13H,8-9H2,1-2H3;9-11H,3-7H2,1-2H3;7-9H,5H2,1-4H3;2*8-10H,3-6H2,1-2H3;5,9H,3-4H2,1-2H3,(H,10,11);6-7H,3-4H2,1-2H3;7H,3-5H2,1-2H3/t13-,14-;14-;12-,13+;12-,13-;9?,10?,11-;7-,8-,9-;8-,9-,10+;8-,9-,10-;9-;6-,7+;7-/m01101101010/s1. The van der Waals surface area contributed by atoms with E-state index in [2.05, 4.69) is 127 Å². The molecule has 5 aromatic rings. The number of halogens is 1. The molecule has 147 heavy (non-hydrogen) atoms. The Bertz CT molecular complexity index is 4880. The number of rotatable bonds is 20. The maximum absolute atomic E-state index is 12.6. The van der Waals surface area contributed by atoms with Crippen molar-refractivity contribution in [1.82, 2.24) is 63.9 Å². The number of likely N-dealkylation sites (N-methyl/N-ethyl adjacent to an activating group) is 11. The molecule has 11 aliphatic heterocycles. The molecule has 10 saturated heterocycles. The summed E-state index contributed by atoms with van der Waals surface area (Å²) >= 11 is 0. The molecule has 29 heteroatoms. The highest BCUT2D eigenvalue weighted by Crippen LogP contribution is 2.64. The second-order valence-corrected chi connectivity index (χ2v) is 45.7. The number of morpholine rings is 1. The first-order valence-electron chi connectivity index (χ1n) is 54.4. The van der Waals surface area contributed by atoms with Gasteiger partial charge in [-0.2, -0.15) is 0 Å². The fourth-order valence-electron chi connectivity index (χ4n) is 26.4. The van der Waals surface area contributed by atoms with Crippen molar-refractivity contribution in [2.24, 2.45) is 52.8 Å². The van der Waals surface area contributed by atoms with E-state index in [0.717, 1.165) is 164 Å². The third kappa shape index (κ3) is 33.5. The van der Waals surface area contributed by atoms with E-state index in [1.807, 2.05) is 137 Å². The summed E-state index contributed by atoms with van der Waals surface area (Å²) in [5.74, 6) is 10.6. The second-order valence-electron chi connectivity index (χ2n) is 45.7. The summed E-state index contributed by atoms with van der Waals surface area (Å²) in [5, 5.41) is 0. The number of nitrogens with zero attached hydrogens (tertiary/aromatic N) is 12. The lowest BCUT2D eigenvalue weighted by Gasteiger charge is -2.34. The number of ether oxygens (including phenoxy) is 4. The van der Waals surface area contributed by atoms with Crippen molar-refractivity contribution in [3.8, 4) is 11.5 Å². The lowest BCUT2D eigenvalue weighted by molar-refractivity contribution is -0.127. The lowest BCUT2D eigenvalue weighted by Crippen LogP contribution is -2.49. The zero-order chi connectivity index (χ0) is 108. The molecule has 0 radical (unpaired) electrons. The van der Waals surface area contributed by atoms with Crippen LogP contribution in [0, 0.1) is 52.8 Å². The van der Waals surface area contributed by atoms with Gasteiger partial charge in [-0.3, -0.25) is 107 Å². The predicted molar refractivity (Wildman–Crippen MR) is 576 cm³/mol. The fourth-order valence-corrected chi connectivity index (χ4v) is 26.4. The monoisotopic (exact) mass is 2040 g/mol. The van der Waals surface area contributed by atoms with Gasteiger partial charge in [-0.05, 0) is 313 Å². The molecule has 0 bridgehead atoms. The normalized spacial score (nSPS) is 31.6. The number of alkyl halides is 1. The van der Waals surface area contributed by atoms with Crippen molar-refractivity contribution in [1.29, 1.82) is 0 Å². The molecule has 0 spiro atoms. The first-order chi connectivity index (χ1) is 69.7. The van der Waals surface area contributed by atoms with Gasteiger partial charge in [0.15, 0.2) is 0 Å². The van der Waals surface area contributed by atoms with E-state index in [-0.39, 0.29) is 119 Å². The van der Waals surface area contributed by atoms with Gasteiger partial charge in [0.25, 0.3) is 0 Å². The van der Waals surface area contributed by atoms with E-state index >= 15 is 0 Å². The van der Waals surface area contributed by atoms with Gasteiger partial charge in [0.05, 0.1) is 110 Å². The lowest BCUT2D eigenvalue weighted by atomic mass is 9.78. The van der Waals surface area contributed by atoms with Crippen molar-refractivity contribution < 1.29 is 76.1 Å². The Morgan fingerprint density at radius 3 is 1.15 bits per heavy atom. The maximum atomic E-state index is 12.6. The number of para-hydroxylation sites is 2. The number of likely N-dealkylation sites (tertiary alicyclic amines) is 9. The summed E-state index contributed by atoms with van der Waals surface area (Å²) in [6.45, 7) is 35.0. The van der Waals surface area contributed by atoms with E-state index in [9.17, 15) is 57.1 Å². The number of hydrogen-bond acceptors (Lipinski definition) is 27. The average Bonchev–Trinajstić information content (AvgIpc) is 1.53.